The minimum atomic E-state index is 0.270. The van der Waals surface area contributed by atoms with E-state index in [0.717, 1.165) is 38.0 Å². The maximum Gasteiger partial charge on any atom is 0.226 e. The van der Waals surface area contributed by atoms with Gasteiger partial charge in [-0.2, -0.15) is 0 Å². The van der Waals surface area contributed by atoms with Crippen LogP contribution in [0.1, 0.15) is 36.0 Å². The molecule has 3 heteroatoms. The largest absolute Gasteiger partial charge is 0.497 e. The Balaban J connectivity index is 1.83. The summed E-state index contributed by atoms with van der Waals surface area (Å²) in [5.41, 5.74) is 6.36. The Hall–Kier alpha value is -2.55. The van der Waals surface area contributed by atoms with Gasteiger partial charge >= 0.3 is 0 Å². The van der Waals surface area contributed by atoms with Crippen molar-refractivity contribution in [1.82, 2.24) is 4.90 Å². The number of ether oxygens (including phenoxy) is 1. The summed E-state index contributed by atoms with van der Waals surface area (Å²) >= 11 is 0. The minimum Gasteiger partial charge on any atom is -0.497 e. The highest BCUT2D eigenvalue weighted by Gasteiger charge is 2.29. The number of benzene rings is 2. The van der Waals surface area contributed by atoms with E-state index in [0.29, 0.717) is 6.42 Å². The molecule has 0 bridgehead atoms. The van der Waals surface area contributed by atoms with Crippen LogP contribution in [0.2, 0.25) is 0 Å². The fourth-order valence-electron chi connectivity index (χ4n) is 3.97. The predicted octanol–water partition coefficient (Wildman–Crippen LogP) is 4.22. The maximum atomic E-state index is 12.4. The maximum absolute atomic E-state index is 12.4. The summed E-state index contributed by atoms with van der Waals surface area (Å²) in [6, 6.07) is 16.8. The third-order valence-electron chi connectivity index (χ3n) is 5.24. The fourth-order valence-corrected chi connectivity index (χ4v) is 3.97. The van der Waals surface area contributed by atoms with Gasteiger partial charge < -0.3 is 9.64 Å². The van der Waals surface area contributed by atoms with Gasteiger partial charge in [0.1, 0.15) is 5.75 Å². The molecule has 3 nitrogen and oxygen atoms in total. The summed E-state index contributed by atoms with van der Waals surface area (Å²) in [4.78, 5) is 14.4. The topological polar surface area (TPSA) is 29.5 Å². The van der Waals surface area contributed by atoms with Crippen LogP contribution in [-0.4, -0.2) is 24.5 Å². The molecule has 128 valence electrons. The number of rotatable bonds is 4. The van der Waals surface area contributed by atoms with Crippen LogP contribution < -0.4 is 4.74 Å². The minimum absolute atomic E-state index is 0.270. The molecule has 25 heavy (non-hydrogen) atoms. The van der Waals surface area contributed by atoms with Crippen LogP contribution in [0.15, 0.2) is 54.2 Å². The quantitative estimate of drug-likeness (QED) is 0.838. The van der Waals surface area contributed by atoms with Gasteiger partial charge in [-0.05, 0) is 60.1 Å². The lowest BCUT2D eigenvalue weighted by Gasteiger charge is -2.30. The second kappa shape index (κ2) is 6.75. The lowest BCUT2D eigenvalue weighted by molar-refractivity contribution is -0.126. The number of allylic oxidation sites excluding steroid dienone is 2. The molecular weight excluding hydrogens is 310 g/mol. The molecular formula is C22H23NO2. The van der Waals surface area contributed by atoms with E-state index in [9.17, 15) is 4.79 Å². The summed E-state index contributed by atoms with van der Waals surface area (Å²) < 4.78 is 5.46. The molecule has 1 aliphatic carbocycles. The number of aryl methyl sites for hydroxylation is 1. The first kappa shape index (κ1) is 15.9. The Morgan fingerprint density at radius 1 is 1.04 bits per heavy atom. The van der Waals surface area contributed by atoms with E-state index < -0.39 is 0 Å². The Morgan fingerprint density at radius 2 is 1.88 bits per heavy atom. The number of carbonyl (C=O) groups is 1. The van der Waals surface area contributed by atoms with Crippen molar-refractivity contribution in [2.45, 2.75) is 32.1 Å². The second-order valence-electron chi connectivity index (χ2n) is 6.76. The smallest absolute Gasteiger partial charge is 0.226 e. The highest BCUT2D eigenvalue weighted by atomic mass is 16.5. The standard InChI is InChI=1S/C22H23NO2/c1-25-18-11-9-17-10-12-21(23-13-5-8-22(23)24)20(19(17)15-18)14-16-6-3-2-4-7-16/h2-4,6-7,9,11,15H,5,8,10,12-14H2,1H3. The van der Waals surface area contributed by atoms with Crippen LogP contribution in [-0.2, 0) is 17.6 Å². The number of hydrogen-bond donors (Lipinski definition) is 0. The summed E-state index contributed by atoms with van der Waals surface area (Å²) in [5.74, 6) is 1.14. The molecule has 0 unspecified atom stereocenters. The first-order valence-corrected chi connectivity index (χ1v) is 9.00. The van der Waals surface area contributed by atoms with E-state index in [1.54, 1.807) is 7.11 Å². The van der Waals surface area contributed by atoms with Crippen LogP contribution >= 0.6 is 0 Å². The van der Waals surface area contributed by atoms with Gasteiger partial charge in [-0.3, -0.25) is 4.79 Å². The van der Waals surface area contributed by atoms with E-state index in [4.69, 9.17) is 4.74 Å². The van der Waals surface area contributed by atoms with Crippen molar-refractivity contribution < 1.29 is 9.53 Å². The lowest BCUT2D eigenvalue weighted by Crippen LogP contribution is -2.27. The third kappa shape index (κ3) is 3.07. The molecule has 2 aromatic rings. The summed E-state index contributed by atoms with van der Waals surface area (Å²) in [6.07, 6.45) is 4.41. The van der Waals surface area contributed by atoms with Crippen molar-refractivity contribution >= 4 is 11.5 Å². The van der Waals surface area contributed by atoms with Crippen LogP contribution in [0.5, 0.6) is 5.75 Å². The molecule has 1 amide bonds. The molecule has 0 radical (unpaired) electrons. The number of methoxy groups -OCH3 is 1. The van der Waals surface area contributed by atoms with E-state index in [2.05, 4.69) is 36.4 Å². The van der Waals surface area contributed by atoms with E-state index >= 15 is 0 Å². The third-order valence-corrected chi connectivity index (χ3v) is 5.24. The average Bonchev–Trinajstić information content (AvgIpc) is 3.08. The number of likely N-dealkylation sites (tertiary alicyclic amines) is 1. The Kier molecular flexibility index (Phi) is 4.31. The molecule has 1 heterocycles. The highest BCUT2D eigenvalue weighted by Crippen LogP contribution is 2.38. The number of carbonyl (C=O) groups excluding carboxylic acids is 1. The second-order valence-corrected chi connectivity index (χ2v) is 6.76. The van der Waals surface area contributed by atoms with E-state index in [1.165, 1.54) is 28.0 Å². The summed E-state index contributed by atoms with van der Waals surface area (Å²) in [5, 5.41) is 0. The zero-order valence-electron chi connectivity index (χ0n) is 14.6. The van der Waals surface area contributed by atoms with Gasteiger partial charge in [-0.25, -0.2) is 0 Å². The van der Waals surface area contributed by atoms with Crippen molar-refractivity contribution in [2.75, 3.05) is 13.7 Å². The van der Waals surface area contributed by atoms with Crippen molar-refractivity contribution in [3.05, 3.63) is 70.9 Å². The van der Waals surface area contributed by atoms with Crippen LogP contribution in [0, 0.1) is 0 Å². The van der Waals surface area contributed by atoms with Crippen LogP contribution in [0.3, 0.4) is 0 Å². The Morgan fingerprint density at radius 3 is 2.60 bits per heavy atom. The fraction of sp³-hybridized carbons (Fsp3) is 0.318. The molecule has 2 aromatic carbocycles. The van der Waals surface area contributed by atoms with Gasteiger partial charge in [0.2, 0.25) is 5.91 Å². The molecule has 4 rings (SSSR count). The molecule has 1 saturated heterocycles. The molecule has 0 spiro atoms. The SMILES string of the molecule is COc1ccc2c(c1)C(Cc1ccccc1)=C(N1CCCC1=O)CC2. The van der Waals surface area contributed by atoms with Gasteiger partial charge in [0.15, 0.2) is 0 Å². The van der Waals surface area contributed by atoms with Crippen LogP contribution in [0.25, 0.3) is 5.57 Å². The van der Waals surface area contributed by atoms with E-state index in [1.807, 2.05) is 17.0 Å². The molecule has 2 aliphatic rings. The first-order chi connectivity index (χ1) is 12.3. The number of fused-ring (bicyclic) bond motifs is 1. The average molecular weight is 333 g/mol. The van der Waals surface area contributed by atoms with E-state index in [-0.39, 0.29) is 5.91 Å². The first-order valence-electron chi connectivity index (χ1n) is 9.00. The van der Waals surface area contributed by atoms with Crippen molar-refractivity contribution in [1.29, 1.82) is 0 Å². The zero-order valence-corrected chi connectivity index (χ0v) is 14.6. The normalized spacial score (nSPS) is 17.0. The molecule has 1 aliphatic heterocycles. The van der Waals surface area contributed by atoms with Gasteiger partial charge in [-0.15, -0.1) is 0 Å². The van der Waals surface area contributed by atoms with Crippen molar-refractivity contribution in [3.8, 4) is 5.75 Å². The molecule has 1 fully saturated rings. The number of hydrogen-bond acceptors (Lipinski definition) is 2. The van der Waals surface area contributed by atoms with Crippen molar-refractivity contribution in [2.24, 2.45) is 0 Å². The van der Waals surface area contributed by atoms with Gasteiger partial charge in [0.25, 0.3) is 0 Å². The van der Waals surface area contributed by atoms with Gasteiger partial charge in [0, 0.05) is 18.7 Å². The zero-order chi connectivity index (χ0) is 17.2. The molecule has 0 atom stereocenters. The monoisotopic (exact) mass is 333 g/mol. The Labute approximate surface area is 148 Å². The molecule has 0 aromatic heterocycles. The number of amides is 1. The van der Waals surface area contributed by atoms with Crippen molar-refractivity contribution in [3.63, 3.8) is 0 Å². The van der Waals surface area contributed by atoms with Gasteiger partial charge in [0.05, 0.1) is 7.11 Å². The number of nitrogens with zero attached hydrogens (tertiary/aromatic N) is 1. The van der Waals surface area contributed by atoms with Crippen LogP contribution in [0.4, 0.5) is 0 Å². The molecule has 0 N–H and O–H groups in total. The summed E-state index contributed by atoms with van der Waals surface area (Å²) in [6.45, 7) is 0.853. The molecule has 0 saturated carbocycles. The predicted molar refractivity (Wildman–Crippen MR) is 99.3 cm³/mol. The lowest BCUT2D eigenvalue weighted by atomic mass is 9.84. The summed E-state index contributed by atoms with van der Waals surface area (Å²) in [7, 11) is 1.70. The van der Waals surface area contributed by atoms with Gasteiger partial charge in [-0.1, -0.05) is 36.4 Å². The Bertz CT molecular complexity index is 823. The highest BCUT2D eigenvalue weighted by molar-refractivity contribution is 5.85.